The van der Waals surface area contributed by atoms with E-state index < -0.39 is 15.9 Å². The summed E-state index contributed by atoms with van der Waals surface area (Å²) in [6.45, 7) is 1.55. The fourth-order valence-corrected chi connectivity index (χ4v) is 5.66. The summed E-state index contributed by atoms with van der Waals surface area (Å²) in [6, 6.07) is 21.3. The first-order valence-electron chi connectivity index (χ1n) is 11.2. The Hall–Kier alpha value is -3.82. The van der Waals surface area contributed by atoms with Gasteiger partial charge in [-0.05, 0) is 66.7 Å². The third kappa shape index (κ3) is 4.73. The number of piperazine rings is 1. The van der Waals surface area contributed by atoms with Crippen LogP contribution in [0.25, 0.3) is 10.9 Å². The summed E-state index contributed by atoms with van der Waals surface area (Å²) < 4.78 is 41.2. The number of nitrogens with zero attached hydrogens (tertiary/aromatic N) is 3. The standard InChI is InChI=1S/C26H23FN4O3S/c27-20-9-11-21(12-10-20)30-14-16-31(17-15-30)35(33,34)22-5-1-4-19(18-22)26(32)29-25-8-2-7-24-23(25)6-3-13-28-24/h1-13,18H,14-17H2,(H,29,32). The minimum atomic E-state index is -3.78. The SMILES string of the molecule is O=C(Nc1cccc2ncccc12)c1cccc(S(=O)(=O)N2CCN(c3ccc(F)cc3)CC2)c1. The van der Waals surface area contributed by atoms with Crippen LogP contribution in [-0.4, -0.2) is 49.8 Å². The van der Waals surface area contributed by atoms with E-state index in [4.69, 9.17) is 0 Å². The quantitative estimate of drug-likeness (QED) is 0.455. The highest BCUT2D eigenvalue weighted by atomic mass is 32.2. The number of carbonyl (C=O) groups is 1. The lowest BCUT2D eigenvalue weighted by Crippen LogP contribution is -2.48. The molecule has 0 spiro atoms. The Balaban J connectivity index is 1.31. The van der Waals surface area contributed by atoms with Crippen LogP contribution < -0.4 is 10.2 Å². The second-order valence-electron chi connectivity index (χ2n) is 8.23. The second-order valence-corrected chi connectivity index (χ2v) is 10.2. The van der Waals surface area contributed by atoms with Gasteiger partial charge in [-0.1, -0.05) is 12.1 Å². The molecule has 35 heavy (non-hydrogen) atoms. The lowest BCUT2D eigenvalue weighted by atomic mass is 10.1. The Labute approximate surface area is 202 Å². The third-order valence-electron chi connectivity index (χ3n) is 6.06. The van der Waals surface area contributed by atoms with E-state index in [-0.39, 0.29) is 16.3 Å². The average Bonchev–Trinajstić information content (AvgIpc) is 2.89. The molecule has 7 nitrogen and oxygen atoms in total. The van der Waals surface area contributed by atoms with Crippen molar-refractivity contribution >= 4 is 38.2 Å². The molecule has 1 fully saturated rings. The minimum Gasteiger partial charge on any atom is -0.369 e. The fraction of sp³-hybridized carbons (Fsp3) is 0.154. The van der Waals surface area contributed by atoms with E-state index >= 15 is 0 Å². The van der Waals surface area contributed by atoms with Crippen molar-refractivity contribution in [2.45, 2.75) is 4.90 Å². The molecule has 0 unspecified atom stereocenters. The largest absolute Gasteiger partial charge is 0.369 e. The maximum atomic E-state index is 13.3. The molecule has 0 radical (unpaired) electrons. The van der Waals surface area contributed by atoms with Gasteiger partial charge in [-0.2, -0.15) is 4.31 Å². The number of hydrogen-bond donors (Lipinski definition) is 1. The Morgan fingerprint density at radius 1 is 0.886 bits per heavy atom. The van der Waals surface area contributed by atoms with Gasteiger partial charge in [0.25, 0.3) is 5.91 Å². The third-order valence-corrected chi connectivity index (χ3v) is 7.95. The van der Waals surface area contributed by atoms with Crippen LogP contribution in [0.4, 0.5) is 15.8 Å². The van der Waals surface area contributed by atoms with Crippen molar-refractivity contribution < 1.29 is 17.6 Å². The highest BCUT2D eigenvalue weighted by Crippen LogP contribution is 2.24. The number of benzene rings is 3. The highest BCUT2D eigenvalue weighted by Gasteiger charge is 2.29. The number of carbonyl (C=O) groups excluding carboxylic acids is 1. The van der Waals surface area contributed by atoms with Crippen LogP contribution in [0.15, 0.2) is 90.0 Å². The van der Waals surface area contributed by atoms with Gasteiger partial charge in [-0.3, -0.25) is 9.78 Å². The predicted molar refractivity (Wildman–Crippen MR) is 134 cm³/mol. The van der Waals surface area contributed by atoms with Gasteiger partial charge in [0.2, 0.25) is 10.0 Å². The molecular weight excluding hydrogens is 467 g/mol. The van der Waals surface area contributed by atoms with Crippen LogP contribution in [0.5, 0.6) is 0 Å². The summed E-state index contributed by atoms with van der Waals surface area (Å²) in [5, 5.41) is 3.66. The molecule has 1 N–H and O–H groups in total. The van der Waals surface area contributed by atoms with Crippen molar-refractivity contribution in [3.05, 3.63) is 96.4 Å². The van der Waals surface area contributed by atoms with Crippen LogP contribution in [0.2, 0.25) is 0 Å². The van der Waals surface area contributed by atoms with Gasteiger partial charge in [0.05, 0.1) is 16.1 Å². The van der Waals surface area contributed by atoms with Gasteiger partial charge in [-0.25, -0.2) is 12.8 Å². The van der Waals surface area contributed by atoms with Crippen molar-refractivity contribution in [1.29, 1.82) is 0 Å². The van der Waals surface area contributed by atoms with Crippen molar-refractivity contribution in [3.63, 3.8) is 0 Å². The normalized spacial score (nSPS) is 14.7. The number of sulfonamides is 1. The molecular formula is C26H23FN4O3S. The molecule has 178 valence electrons. The van der Waals surface area contributed by atoms with E-state index in [0.717, 1.165) is 16.6 Å². The van der Waals surface area contributed by atoms with Gasteiger partial charge in [0.15, 0.2) is 0 Å². The van der Waals surface area contributed by atoms with Crippen molar-refractivity contribution in [2.24, 2.45) is 0 Å². The van der Waals surface area contributed by atoms with Crippen molar-refractivity contribution in [2.75, 3.05) is 36.4 Å². The molecule has 5 rings (SSSR count). The second kappa shape index (κ2) is 9.44. The van der Waals surface area contributed by atoms with Gasteiger partial charge in [0, 0.05) is 49.0 Å². The summed E-state index contributed by atoms with van der Waals surface area (Å²) in [5.74, 6) is -0.712. The number of amides is 1. The number of fused-ring (bicyclic) bond motifs is 1. The molecule has 0 aliphatic carbocycles. The first kappa shape index (κ1) is 22.9. The van der Waals surface area contributed by atoms with E-state index in [1.165, 1.54) is 28.6 Å². The number of aromatic nitrogens is 1. The van der Waals surface area contributed by atoms with E-state index in [1.807, 2.05) is 17.0 Å². The van der Waals surface area contributed by atoms with Crippen LogP contribution in [-0.2, 0) is 10.0 Å². The summed E-state index contributed by atoms with van der Waals surface area (Å²) in [5.41, 5.74) is 2.45. The molecule has 0 bridgehead atoms. The highest BCUT2D eigenvalue weighted by molar-refractivity contribution is 7.89. The summed E-state index contributed by atoms with van der Waals surface area (Å²) in [7, 11) is -3.78. The Bertz CT molecular complexity index is 1480. The number of halogens is 1. The molecule has 4 aromatic rings. The molecule has 2 heterocycles. The van der Waals surface area contributed by atoms with Crippen LogP contribution in [0.1, 0.15) is 10.4 Å². The average molecular weight is 491 g/mol. The summed E-state index contributed by atoms with van der Waals surface area (Å²) in [6.07, 6.45) is 1.68. The Kier molecular flexibility index (Phi) is 6.19. The molecule has 1 aliphatic heterocycles. The predicted octanol–water partition coefficient (Wildman–Crippen LogP) is 4.14. The topological polar surface area (TPSA) is 82.6 Å². The van der Waals surface area contributed by atoms with Gasteiger partial charge in [-0.15, -0.1) is 0 Å². The molecule has 1 aliphatic rings. The zero-order chi connectivity index (χ0) is 24.4. The van der Waals surface area contributed by atoms with E-state index in [0.29, 0.717) is 31.9 Å². The van der Waals surface area contributed by atoms with Crippen LogP contribution >= 0.6 is 0 Å². The van der Waals surface area contributed by atoms with Crippen LogP contribution in [0, 0.1) is 5.82 Å². The lowest BCUT2D eigenvalue weighted by Gasteiger charge is -2.35. The number of rotatable bonds is 5. The lowest BCUT2D eigenvalue weighted by molar-refractivity contribution is 0.102. The van der Waals surface area contributed by atoms with Gasteiger partial charge < -0.3 is 10.2 Å². The Morgan fingerprint density at radius 3 is 2.40 bits per heavy atom. The summed E-state index contributed by atoms with van der Waals surface area (Å²) >= 11 is 0. The smallest absolute Gasteiger partial charge is 0.255 e. The first-order chi connectivity index (χ1) is 16.9. The van der Waals surface area contributed by atoms with E-state index in [2.05, 4.69) is 10.3 Å². The van der Waals surface area contributed by atoms with Crippen LogP contribution in [0.3, 0.4) is 0 Å². The van der Waals surface area contributed by atoms with Gasteiger partial charge in [0.1, 0.15) is 5.82 Å². The molecule has 1 aromatic heterocycles. The molecule has 1 amide bonds. The Morgan fingerprint density at radius 2 is 1.63 bits per heavy atom. The maximum Gasteiger partial charge on any atom is 0.255 e. The minimum absolute atomic E-state index is 0.0694. The molecule has 9 heteroatoms. The number of nitrogens with one attached hydrogen (secondary N) is 1. The van der Waals surface area contributed by atoms with E-state index in [9.17, 15) is 17.6 Å². The zero-order valence-electron chi connectivity index (χ0n) is 18.8. The number of hydrogen-bond acceptors (Lipinski definition) is 5. The van der Waals surface area contributed by atoms with Crippen molar-refractivity contribution in [1.82, 2.24) is 9.29 Å². The fourth-order valence-electron chi connectivity index (χ4n) is 4.19. The summed E-state index contributed by atoms with van der Waals surface area (Å²) in [4.78, 5) is 19.3. The number of anilines is 2. The molecule has 1 saturated heterocycles. The van der Waals surface area contributed by atoms with Crippen molar-refractivity contribution in [3.8, 4) is 0 Å². The molecule has 0 atom stereocenters. The molecule has 0 saturated carbocycles. The van der Waals surface area contributed by atoms with E-state index in [1.54, 1.807) is 48.7 Å². The first-order valence-corrected chi connectivity index (χ1v) is 12.6. The number of pyridine rings is 1. The molecule has 3 aromatic carbocycles. The monoisotopic (exact) mass is 490 g/mol. The zero-order valence-corrected chi connectivity index (χ0v) is 19.6. The maximum absolute atomic E-state index is 13.3. The van der Waals surface area contributed by atoms with Gasteiger partial charge >= 0.3 is 0 Å².